The third-order valence-corrected chi connectivity index (χ3v) is 13.1. The van der Waals surface area contributed by atoms with Gasteiger partial charge in [0.25, 0.3) is 0 Å². The molecule has 0 atom stereocenters. The van der Waals surface area contributed by atoms with Gasteiger partial charge in [-0.25, -0.2) is 9.97 Å². The zero-order valence-electron chi connectivity index (χ0n) is 35.1. The molecule has 4 heterocycles. The van der Waals surface area contributed by atoms with Crippen molar-refractivity contribution in [1.82, 2.24) is 23.7 Å². The summed E-state index contributed by atoms with van der Waals surface area (Å²) in [5, 5.41) is 11.7. The summed E-state index contributed by atoms with van der Waals surface area (Å²) in [5.41, 5.74) is 12.8. The second-order valence-electron chi connectivity index (χ2n) is 16.6. The molecule has 0 amide bonds. The Balaban J connectivity index is 1.05. The van der Waals surface area contributed by atoms with E-state index in [0.717, 1.165) is 77.6 Å². The van der Waals surface area contributed by atoms with Crippen molar-refractivity contribution in [3.8, 4) is 28.6 Å². The van der Waals surface area contributed by atoms with Crippen LogP contribution in [0.1, 0.15) is 18.2 Å². The van der Waals surface area contributed by atoms with Crippen LogP contribution in [0.2, 0.25) is 0 Å². The van der Waals surface area contributed by atoms with E-state index >= 15 is 0 Å². The van der Waals surface area contributed by atoms with Gasteiger partial charge in [-0.3, -0.25) is 4.57 Å². The second kappa shape index (κ2) is 14.0. The fourth-order valence-corrected chi connectivity index (χ4v) is 10.3. The Kier molecular flexibility index (Phi) is 7.90. The van der Waals surface area contributed by atoms with Gasteiger partial charge in [0, 0.05) is 54.8 Å². The van der Waals surface area contributed by atoms with Crippen molar-refractivity contribution < 1.29 is 0 Å². The number of hydrogen-bond acceptors (Lipinski definition) is 2. The first-order valence-electron chi connectivity index (χ1n) is 21.8. The standard InChI is InChI=1S/C59H39N5/c1-3-15-50-44(4-2)56-54(32-33-55-57(56)47-22-11-14-25-52(47)62(55)42-29-28-38-17-6-8-19-40(38)35-42)63(50)43-30-31-53-48(36-43)45-20-10-13-24-51(45)64(53)59-60-49-23-12-9-21-46(49)58(61-59)41-27-26-37-16-5-7-18-39(37)34-41/h3-36H,2H2,1H3/b15-3-. The summed E-state index contributed by atoms with van der Waals surface area (Å²) in [5.74, 6) is 0.640. The first kappa shape index (κ1) is 36.1. The third kappa shape index (κ3) is 5.25. The molecule has 0 radical (unpaired) electrons. The normalized spacial score (nSPS) is 12.1. The fourth-order valence-electron chi connectivity index (χ4n) is 10.3. The number of hydrogen-bond donors (Lipinski definition) is 0. The Bertz CT molecular complexity index is 4120. The largest absolute Gasteiger partial charge is 0.309 e. The highest BCUT2D eigenvalue weighted by atomic mass is 15.2. The van der Waals surface area contributed by atoms with Crippen molar-refractivity contribution in [3.63, 3.8) is 0 Å². The molecule has 0 spiro atoms. The first-order valence-corrected chi connectivity index (χ1v) is 21.8. The van der Waals surface area contributed by atoms with Crippen LogP contribution in [0.25, 0.3) is 128 Å². The quantitative estimate of drug-likeness (QED) is 0.168. The van der Waals surface area contributed by atoms with Crippen LogP contribution < -0.4 is 0 Å². The van der Waals surface area contributed by atoms with E-state index in [-0.39, 0.29) is 0 Å². The minimum atomic E-state index is 0.640. The van der Waals surface area contributed by atoms with Crippen molar-refractivity contribution in [3.05, 3.63) is 212 Å². The molecule has 4 aromatic heterocycles. The summed E-state index contributed by atoms with van der Waals surface area (Å²) in [7, 11) is 0. The van der Waals surface area contributed by atoms with E-state index in [1.807, 2.05) is 6.08 Å². The van der Waals surface area contributed by atoms with Crippen LogP contribution in [0.5, 0.6) is 0 Å². The van der Waals surface area contributed by atoms with Gasteiger partial charge >= 0.3 is 0 Å². The summed E-state index contributed by atoms with van der Waals surface area (Å²) in [6.07, 6.45) is 6.38. The monoisotopic (exact) mass is 817 g/mol. The Hall–Kier alpha value is -8.54. The van der Waals surface area contributed by atoms with Crippen LogP contribution in [-0.2, 0) is 0 Å². The molecule has 9 aromatic carbocycles. The maximum absolute atomic E-state index is 5.41. The van der Waals surface area contributed by atoms with E-state index in [4.69, 9.17) is 9.97 Å². The molecule has 0 aliphatic carbocycles. The van der Waals surface area contributed by atoms with Gasteiger partial charge in [0.2, 0.25) is 5.95 Å². The molecular formula is C59H39N5. The topological polar surface area (TPSA) is 40.6 Å². The zero-order chi connectivity index (χ0) is 42.5. The van der Waals surface area contributed by atoms with Gasteiger partial charge in [-0.15, -0.1) is 0 Å². The van der Waals surface area contributed by atoms with Gasteiger partial charge in [0.15, 0.2) is 0 Å². The average Bonchev–Trinajstić information content (AvgIpc) is 3.98. The predicted octanol–water partition coefficient (Wildman–Crippen LogP) is 15.4. The average molecular weight is 818 g/mol. The lowest BCUT2D eigenvalue weighted by Crippen LogP contribution is -2.03. The maximum atomic E-state index is 5.41. The van der Waals surface area contributed by atoms with Crippen LogP contribution in [0.15, 0.2) is 201 Å². The number of benzene rings is 9. The molecule has 0 fully saturated rings. The van der Waals surface area contributed by atoms with E-state index in [1.54, 1.807) is 0 Å². The molecule has 5 nitrogen and oxygen atoms in total. The van der Waals surface area contributed by atoms with Crippen LogP contribution in [0, 0.1) is 0 Å². The molecular weight excluding hydrogens is 779 g/mol. The number of rotatable bonds is 6. The van der Waals surface area contributed by atoms with Crippen LogP contribution in [0.4, 0.5) is 0 Å². The highest BCUT2D eigenvalue weighted by Gasteiger charge is 2.24. The number of allylic oxidation sites excluding steroid dienone is 1. The Labute approximate surface area is 368 Å². The van der Waals surface area contributed by atoms with Gasteiger partial charge in [0.1, 0.15) is 0 Å². The number of fused-ring (bicyclic) bond motifs is 11. The van der Waals surface area contributed by atoms with Gasteiger partial charge in [0.05, 0.1) is 44.5 Å². The lowest BCUT2D eigenvalue weighted by atomic mass is 10.0. The number of para-hydroxylation sites is 3. The number of aromatic nitrogens is 5. The van der Waals surface area contributed by atoms with Gasteiger partial charge in [-0.05, 0) is 101 Å². The summed E-state index contributed by atoms with van der Waals surface area (Å²) in [6.45, 7) is 6.52. The lowest BCUT2D eigenvalue weighted by Gasteiger charge is -2.13. The van der Waals surface area contributed by atoms with E-state index in [2.05, 4.69) is 227 Å². The van der Waals surface area contributed by atoms with E-state index in [9.17, 15) is 0 Å². The van der Waals surface area contributed by atoms with Gasteiger partial charge in [-0.1, -0.05) is 140 Å². The van der Waals surface area contributed by atoms with Crippen LogP contribution in [0.3, 0.4) is 0 Å². The molecule has 0 aliphatic heterocycles. The van der Waals surface area contributed by atoms with E-state index in [0.29, 0.717) is 5.95 Å². The molecule has 300 valence electrons. The van der Waals surface area contributed by atoms with Crippen molar-refractivity contribution in [2.24, 2.45) is 0 Å². The van der Waals surface area contributed by atoms with E-state index in [1.165, 1.54) is 43.2 Å². The number of nitrogens with zero attached hydrogens (tertiary/aromatic N) is 5. The van der Waals surface area contributed by atoms with Gasteiger partial charge < -0.3 is 9.13 Å². The van der Waals surface area contributed by atoms with Crippen molar-refractivity contribution in [2.45, 2.75) is 6.92 Å². The lowest BCUT2D eigenvalue weighted by molar-refractivity contribution is 1.01. The SMILES string of the molecule is C=Cc1c(/C=C\C)n(-c2ccc3c(c2)c2ccccc2n3-c2nc(-c3ccc4ccccc4c3)c3ccccc3n2)c2ccc3c(c4ccccc4n3-c3ccc4ccccc4c3)c12. The summed E-state index contributed by atoms with van der Waals surface area (Å²) in [6, 6.07) is 67.5. The molecule has 0 bridgehead atoms. The molecule has 0 saturated carbocycles. The Morgan fingerprint density at radius 1 is 0.438 bits per heavy atom. The minimum absolute atomic E-state index is 0.640. The second-order valence-corrected chi connectivity index (χ2v) is 16.6. The predicted molar refractivity (Wildman–Crippen MR) is 270 cm³/mol. The van der Waals surface area contributed by atoms with Crippen LogP contribution >= 0.6 is 0 Å². The first-order chi connectivity index (χ1) is 31.7. The third-order valence-electron chi connectivity index (χ3n) is 13.1. The minimum Gasteiger partial charge on any atom is -0.309 e. The molecule has 0 aliphatic rings. The van der Waals surface area contributed by atoms with Crippen molar-refractivity contribution in [2.75, 3.05) is 0 Å². The fraction of sp³-hybridized carbons (Fsp3) is 0.0169. The molecule has 0 saturated heterocycles. The smallest absolute Gasteiger partial charge is 0.235 e. The van der Waals surface area contributed by atoms with Crippen molar-refractivity contribution in [1.29, 1.82) is 0 Å². The summed E-state index contributed by atoms with van der Waals surface area (Å²) in [4.78, 5) is 10.7. The molecule has 0 N–H and O–H groups in total. The molecule has 13 aromatic rings. The van der Waals surface area contributed by atoms with Gasteiger partial charge in [-0.2, -0.15) is 0 Å². The molecule has 64 heavy (non-hydrogen) atoms. The highest BCUT2D eigenvalue weighted by Crippen LogP contribution is 2.43. The highest BCUT2D eigenvalue weighted by molar-refractivity contribution is 6.24. The van der Waals surface area contributed by atoms with Crippen molar-refractivity contribution >= 4 is 99.1 Å². The summed E-state index contributed by atoms with van der Waals surface area (Å²) < 4.78 is 7.05. The molecule has 13 rings (SSSR count). The summed E-state index contributed by atoms with van der Waals surface area (Å²) >= 11 is 0. The van der Waals surface area contributed by atoms with E-state index < -0.39 is 0 Å². The Morgan fingerprint density at radius 3 is 1.78 bits per heavy atom. The Morgan fingerprint density at radius 2 is 1.02 bits per heavy atom. The maximum Gasteiger partial charge on any atom is 0.235 e. The zero-order valence-corrected chi connectivity index (χ0v) is 35.1. The molecule has 0 unspecified atom stereocenters. The molecule has 5 heteroatoms. The van der Waals surface area contributed by atoms with Crippen LogP contribution in [-0.4, -0.2) is 23.7 Å².